The van der Waals surface area contributed by atoms with Crippen LogP contribution >= 0.6 is 11.8 Å². The second-order valence-corrected chi connectivity index (χ2v) is 5.76. The maximum absolute atomic E-state index is 5.46. The predicted octanol–water partition coefficient (Wildman–Crippen LogP) is 2.75. The van der Waals surface area contributed by atoms with Crippen molar-refractivity contribution in [1.82, 2.24) is 9.78 Å². The van der Waals surface area contributed by atoms with Crippen molar-refractivity contribution < 1.29 is 4.74 Å². The van der Waals surface area contributed by atoms with E-state index in [9.17, 15) is 0 Å². The summed E-state index contributed by atoms with van der Waals surface area (Å²) in [4.78, 5) is 0. The van der Waals surface area contributed by atoms with Crippen molar-refractivity contribution in [3.63, 3.8) is 0 Å². The van der Waals surface area contributed by atoms with E-state index >= 15 is 0 Å². The number of aryl methyl sites for hydroxylation is 1. The number of nitrogens with one attached hydrogen (secondary N) is 1. The maximum Gasteiger partial charge on any atom is 0.144 e. The first-order valence-electron chi connectivity index (χ1n) is 6.82. The summed E-state index contributed by atoms with van der Waals surface area (Å²) in [5.41, 5.74) is 3.58. The van der Waals surface area contributed by atoms with Crippen LogP contribution in [0.4, 0.5) is 5.82 Å². The van der Waals surface area contributed by atoms with Crippen molar-refractivity contribution in [2.45, 2.75) is 12.8 Å². The van der Waals surface area contributed by atoms with Gasteiger partial charge in [-0.15, -0.1) is 0 Å². The summed E-state index contributed by atoms with van der Waals surface area (Å²) in [7, 11) is 1.70. The summed E-state index contributed by atoms with van der Waals surface area (Å²) < 4.78 is 7.45. The number of methoxy groups -OCH3 is 1. The molecule has 0 fully saturated rings. The molecule has 1 aliphatic heterocycles. The molecule has 0 radical (unpaired) electrons. The van der Waals surface area contributed by atoms with Crippen LogP contribution in [0.1, 0.15) is 11.3 Å². The highest BCUT2D eigenvalue weighted by atomic mass is 32.2. The van der Waals surface area contributed by atoms with Gasteiger partial charge in [-0.1, -0.05) is 12.1 Å². The van der Waals surface area contributed by atoms with Gasteiger partial charge >= 0.3 is 0 Å². The number of nitrogens with zero attached hydrogens (tertiary/aromatic N) is 2. The lowest BCUT2D eigenvalue weighted by atomic mass is 10.2. The maximum atomic E-state index is 5.46. The summed E-state index contributed by atoms with van der Waals surface area (Å²) in [5.74, 6) is 3.09. The van der Waals surface area contributed by atoms with E-state index in [-0.39, 0.29) is 0 Å². The summed E-state index contributed by atoms with van der Waals surface area (Å²) in [5, 5.41) is 8.26. The third-order valence-electron chi connectivity index (χ3n) is 3.59. The van der Waals surface area contributed by atoms with E-state index in [0.717, 1.165) is 42.4 Å². The van der Waals surface area contributed by atoms with Crippen molar-refractivity contribution in [3.8, 4) is 11.4 Å². The molecule has 5 heteroatoms. The first-order valence-corrected chi connectivity index (χ1v) is 8.21. The number of rotatable bonds is 5. The third kappa shape index (κ3) is 2.26. The molecular weight excluding hydrogens is 270 g/mol. The monoisotopic (exact) mass is 289 g/mol. The fraction of sp³-hybridized carbons (Fsp3) is 0.400. The number of aromatic nitrogens is 2. The molecule has 1 N–H and O–H groups in total. The first-order chi connectivity index (χ1) is 9.85. The highest BCUT2D eigenvalue weighted by Gasteiger charge is 2.23. The number of ether oxygens (including phenoxy) is 1. The standard InChI is InChI=1S/C15H19N3OS/c1-19-14-6-4-3-5-13(14)18-15-11(7-9-16-15)12(17-18)8-10-20-2/h3-6,16H,7-10H2,1-2H3. The van der Waals surface area contributed by atoms with E-state index in [1.165, 1.54) is 11.3 Å². The van der Waals surface area contributed by atoms with Gasteiger partial charge in [-0.25, -0.2) is 4.68 Å². The normalized spacial score (nSPS) is 13.1. The Labute approximate surface area is 123 Å². The Morgan fingerprint density at radius 2 is 2.25 bits per heavy atom. The summed E-state index contributed by atoms with van der Waals surface area (Å²) >= 11 is 1.86. The Hall–Kier alpha value is -1.62. The number of benzene rings is 1. The van der Waals surface area contributed by atoms with E-state index in [1.54, 1.807) is 7.11 Å². The van der Waals surface area contributed by atoms with E-state index in [0.29, 0.717) is 0 Å². The van der Waals surface area contributed by atoms with Gasteiger partial charge in [-0.05, 0) is 30.6 Å². The summed E-state index contributed by atoms with van der Waals surface area (Å²) in [6, 6.07) is 8.01. The van der Waals surface area contributed by atoms with Crippen molar-refractivity contribution in [1.29, 1.82) is 0 Å². The minimum absolute atomic E-state index is 0.850. The summed E-state index contributed by atoms with van der Waals surface area (Å²) in [6.07, 6.45) is 4.22. The first kappa shape index (κ1) is 13.4. The van der Waals surface area contributed by atoms with Gasteiger partial charge in [0.2, 0.25) is 0 Å². The fourth-order valence-corrected chi connectivity index (χ4v) is 3.02. The second-order valence-electron chi connectivity index (χ2n) is 4.78. The van der Waals surface area contributed by atoms with Crippen LogP contribution < -0.4 is 10.1 Å². The summed E-state index contributed by atoms with van der Waals surface area (Å²) in [6.45, 7) is 0.995. The van der Waals surface area contributed by atoms with Gasteiger partial charge in [0.25, 0.3) is 0 Å². The van der Waals surface area contributed by atoms with E-state index < -0.39 is 0 Å². The largest absolute Gasteiger partial charge is 0.494 e. The molecule has 20 heavy (non-hydrogen) atoms. The average molecular weight is 289 g/mol. The predicted molar refractivity (Wildman–Crippen MR) is 84.4 cm³/mol. The van der Waals surface area contributed by atoms with Gasteiger partial charge in [0.1, 0.15) is 17.3 Å². The van der Waals surface area contributed by atoms with Gasteiger partial charge in [0, 0.05) is 18.5 Å². The van der Waals surface area contributed by atoms with E-state index in [2.05, 4.69) is 11.6 Å². The van der Waals surface area contributed by atoms with Crippen molar-refractivity contribution >= 4 is 17.6 Å². The van der Waals surface area contributed by atoms with Gasteiger partial charge in [0.15, 0.2) is 0 Å². The minimum atomic E-state index is 0.850. The van der Waals surface area contributed by atoms with Gasteiger partial charge in [-0.3, -0.25) is 0 Å². The minimum Gasteiger partial charge on any atom is -0.494 e. The topological polar surface area (TPSA) is 39.1 Å². The number of hydrogen-bond donors (Lipinski definition) is 1. The van der Waals surface area contributed by atoms with Crippen LogP contribution in [0.25, 0.3) is 5.69 Å². The van der Waals surface area contributed by atoms with Crippen LogP contribution in [0.15, 0.2) is 24.3 Å². The number of thioether (sulfide) groups is 1. The molecule has 0 unspecified atom stereocenters. The molecule has 0 atom stereocenters. The number of fused-ring (bicyclic) bond motifs is 1. The fourth-order valence-electron chi connectivity index (χ4n) is 2.62. The molecule has 1 aliphatic rings. The SMILES string of the molecule is COc1ccccc1-n1nc(CCSC)c2c1NCC2. The molecule has 0 spiro atoms. The van der Waals surface area contributed by atoms with Crippen molar-refractivity contribution in [3.05, 3.63) is 35.5 Å². The molecule has 0 aliphatic carbocycles. The third-order valence-corrected chi connectivity index (χ3v) is 4.20. The van der Waals surface area contributed by atoms with Crippen LogP contribution in [-0.2, 0) is 12.8 Å². The Bertz CT molecular complexity index is 609. The molecule has 2 heterocycles. The van der Waals surface area contributed by atoms with Crippen LogP contribution in [0.5, 0.6) is 5.75 Å². The number of hydrogen-bond acceptors (Lipinski definition) is 4. The molecule has 0 bridgehead atoms. The van der Waals surface area contributed by atoms with Gasteiger partial charge in [-0.2, -0.15) is 16.9 Å². The van der Waals surface area contributed by atoms with Crippen LogP contribution in [0.3, 0.4) is 0 Å². The zero-order valence-corrected chi connectivity index (χ0v) is 12.7. The smallest absolute Gasteiger partial charge is 0.144 e. The molecule has 2 aromatic rings. The molecule has 0 saturated carbocycles. The van der Waals surface area contributed by atoms with Crippen LogP contribution in [0, 0.1) is 0 Å². The van der Waals surface area contributed by atoms with Crippen molar-refractivity contribution in [2.24, 2.45) is 0 Å². The zero-order chi connectivity index (χ0) is 13.9. The lowest BCUT2D eigenvalue weighted by molar-refractivity contribution is 0.412. The van der Waals surface area contributed by atoms with Crippen molar-refractivity contribution in [2.75, 3.05) is 31.0 Å². The molecule has 3 rings (SSSR count). The Balaban J connectivity index is 2.05. The molecule has 0 saturated heterocycles. The zero-order valence-electron chi connectivity index (χ0n) is 11.8. The Morgan fingerprint density at radius 3 is 3.05 bits per heavy atom. The van der Waals surface area contributed by atoms with E-state index in [1.807, 2.05) is 40.7 Å². The van der Waals surface area contributed by atoms with Crippen LogP contribution in [-0.4, -0.2) is 35.4 Å². The number of anilines is 1. The lowest BCUT2D eigenvalue weighted by Crippen LogP contribution is -2.06. The molecule has 1 aromatic heterocycles. The second kappa shape index (κ2) is 5.79. The lowest BCUT2D eigenvalue weighted by Gasteiger charge is -2.10. The van der Waals surface area contributed by atoms with Gasteiger partial charge < -0.3 is 10.1 Å². The molecule has 106 valence electrons. The molecule has 0 amide bonds. The Kier molecular flexibility index (Phi) is 3.87. The number of para-hydroxylation sites is 2. The highest BCUT2D eigenvalue weighted by Crippen LogP contribution is 2.32. The molecule has 1 aromatic carbocycles. The molecule has 4 nitrogen and oxygen atoms in total. The van der Waals surface area contributed by atoms with Gasteiger partial charge in [0.05, 0.1) is 12.8 Å². The highest BCUT2D eigenvalue weighted by molar-refractivity contribution is 7.98. The van der Waals surface area contributed by atoms with E-state index in [4.69, 9.17) is 9.84 Å². The van der Waals surface area contributed by atoms with Crippen LogP contribution in [0.2, 0.25) is 0 Å². The quantitative estimate of drug-likeness (QED) is 0.918. The molecular formula is C15H19N3OS. The Morgan fingerprint density at radius 1 is 1.40 bits per heavy atom. The average Bonchev–Trinajstić information content (AvgIpc) is 3.08.